The van der Waals surface area contributed by atoms with Gasteiger partial charge in [-0.25, -0.2) is 4.98 Å². The largest absolute Gasteiger partial charge is 0.486 e. The number of hydrogen-bond acceptors (Lipinski definition) is 5. The van der Waals surface area contributed by atoms with E-state index in [4.69, 9.17) is 9.15 Å². The number of carbonyl (C=O) groups excluding carboxylic acids is 1. The Balaban J connectivity index is 1.67. The summed E-state index contributed by atoms with van der Waals surface area (Å²) in [5.74, 6) is 0.949. The Labute approximate surface area is 131 Å². The van der Waals surface area contributed by atoms with E-state index in [-0.39, 0.29) is 12.5 Å². The van der Waals surface area contributed by atoms with E-state index in [1.807, 2.05) is 42.6 Å². The molecule has 3 aromatic rings. The van der Waals surface area contributed by atoms with Crippen molar-refractivity contribution in [1.82, 2.24) is 4.98 Å². The maximum atomic E-state index is 12.3. The van der Waals surface area contributed by atoms with Gasteiger partial charge in [0.25, 0.3) is 5.91 Å². The van der Waals surface area contributed by atoms with E-state index >= 15 is 0 Å². The van der Waals surface area contributed by atoms with Crippen LogP contribution in [0.1, 0.15) is 21.8 Å². The normalized spacial score (nSPS) is 10.4. The Kier molecular flexibility index (Phi) is 4.20. The number of nitrogens with one attached hydrogen (secondary N) is 1. The molecule has 22 heavy (non-hydrogen) atoms. The number of aromatic nitrogens is 1. The number of hydrogen-bond donors (Lipinski definition) is 1. The van der Waals surface area contributed by atoms with E-state index in [0.717, 1.165) is 11.4 Å². The predicted octanol–water partition coefficient (Wildman–Crippen LogP) is 3.88. The first-order valence-electron chi connectivity index (χ1n) is 6.70. The lowest BCUT2D eigenvalue weighted by Crippen LogP contribution is -2.13. The Morgan fingerprint density at radius 3 is 2.86 bits per heavy atom. The number of nitrogens with zero attached hydrogens (tertiary/aromatic N) is 1. The topological polar surface area (TPSA) is 64.4 Å². The summed E-state index contributed by atoms with van der Waals surface area (Å²) in [5, 5.41) is 5.20. The van der Waals surface area contributed by atoms with Crippen LogP contribution in [-0.2, 0) is 6.61 Å². The second kappa shape index (κ2) is 6.44. The molecule has 0 bridgehead atoms. The third-order valence-electron chi connectivity index (χ3n) is 2.94. The van der Waals surface area contributed by atoms with Crippen molar-refractivity contribution in [2.75, 3.05) is 5.32 Å². The number of amides is 1. The first-order valence-corrected chi connectivity index (χ1v) is 7.58. The summed E-state index contributed by atoms with van der Waals surface area (Å²) < 4.78 is 11.0. The van der Waals surface area contributed by atoms with E-state index in [2.05, 4.69) is 10.3 Å². The number of para-hydroxylation sites is 1. The Bertz CT molecular complexity index is 765. The van der Waals surface area contributed by atoms with Crippen molar-refractivity contribution in [3.63, 3.8) is 0 Å². The van der Waals surface area contributed by atoms with Crippen LogP contribution in [0.4, 0.5) is 5.13 Å². The van der Waals surface area contributed by atoms with E-state index in [9.17, 15) is 4.79 Å². The van der Waals surface area contributed by atoms with Gasteiger partial charge in [-0.05, 0) is 25.1 Å². The highest BCUT2D eigenvalue weighted by molar-refractivity contribution is 7.13. The SMILES string of the molecule is Cc1csc(NC(=O)c2ccoc2COc2ccccc2)n1. The molecular weight excluding hydrogens is 300 g/mol. The van der Waals surface area contributed by atoms with E-state index < -0.39 is 0 Å². The third-order valence-corrected chi connectivity index (χ3v) is 3.82. The first-order chi connectivity index (χ1) is 10.7. The van der Waals surface area contributed by atoms with Crippen LogP contribution in [0.5, 0.6) is 5.75 Å². The lowest BCUT2D eigenvalue weighted by atomic mass is 10.2. The molecule has 0 radical (unpaired) electrons. The average Bonchev–Trinajstić information content (AvgIpc) is 3.15. The summed E-state index contributed by atoms with van der Waals surface area (Å²) in [6.07, 6.45) is 1.48. The van der Waals surface area contributed by atoms with Gasteiger partial charge in [0.15, 0.2) is 10.9 Å². The number of furan rings is 1. The Morgan fingerprint density at radius 2 is 2.14 bits per heavy atom. The number of benzene rings is 1. The molecule has 0 saturated heterocycles. The first kappa shape index (κ1) is 14.3. The zero-order valence-electron chi connectivity index (χ0n) is 11.9. The second-order valence-electron chi connectivity index (χ2n) is 4.61. The number of thiazole rings is 1. The Hall–Kier alpha value is -2.60. The highest BCUT2D eigenvalue weighted by Crippen LogP contribution is 2.19. The molecule has 0 aliphatic heterocycles. The van der Waals surface area contributed by atoms with Crippen molar-refractivity contribution in [2.24, 2.45) is 0 Å². The van der Waals surface area contributed by atoms with Crippen molar-refractivity contribution in [3.8, 4) is 5.75 Å². The molecule has 3 rings (SSSR count). The lowest BCUT2D eigenvalue weighted by molar-refractivity contribution is 0.102. The highest BCUT2D eigenvalue weighted by Gasteiger charge is 2.16. The molecule has 0 spiro atoms. The van der Waals surface area contributed by atoms with Gasteiger partial charge in [0.05, 0.1) is 17.5 Å². The van der Waals surface area contributed by atoms with Crippen molar-refractivity contribution >= 4 is 22.4 Å². The summed E-state index contributed by atoms with van der Waals surface area (Å²) in [6.45, 7) is 2.07. The minimum atomic E-state index is -0.255. The smallest absolute Gasteiger partial charge is 0.261 e. The molecule has 1 aromatic carbocycles. The molecule has 0 atom stereocenters. The molecule has 0 aliphatic carbocycles. The highest BCUT2D eigenvalue weighted by atomic mass is 32.1. The van der Waals surface area contributed by atoms with Gasteiger partial charge in [-0.15, -0.1) is 11.3 Å². The summed E-state index contributed by atoms with van der Waals surface area (Å²) in [4.78, 5) is 16.5. The van der Waals surface area contributed by atoms with Crippen molar-refractivity contribution < 1.29 is 13.9 Å². The number of carbonyl (C=O) groups is 1. The Morgan fingerprint density at radius 1 is 1.32 bits per heavy atom. The van der Waals surface area contributed by atoms with Crippen molar-refractivity contribution in [2.45, 2.75) is 13.5 Å². The van der Waals surface area contributed by atoms with Gasteiger partial charge in [0, 0.05) is 5.38 Å². The van der Waals surface area contributed by atoms with Crippen LogP contribution in [0.25, 0.3) is 0 Å². The molecule has 5 nitrogen and oxygen atoms in total. The second-order valence-corrected chi connectivity index (χ2v) is 5.47. The van der Waals surface area contributed by atoms with Crippen LogP contribution in [0, 0.1) is 6.92 Å². The molecule has 2 heterocycles. The molecule has 0 saturated carbocycles. The van der Waals surface area contributed by atoms with Crippen LogP contribution in [0.2, 0.25) is 0 Å². The zero-order valence-corrected chi connectivity index (χ0v) is 12.7. The maximum Gasteiger partial charge on any atom is 0.261 e. The molecule has 1 amide bonds. The van der Waals surface area contributed by atoms with E-state index in [0.29, 0.717) is 16.5 Å². The molecule has 0 unspecified atom stereocenters. The number of anilines is 1. The van der Waals surface area contributed by atoms with Crippen LogP contribution in [0.15, 0.2) is 52.5 Å². The van der Waals surface area contributed by atoms with E-state index in [1.165, 1.54) is 17.6 Å². The summed E-state index contributed by atoms with van der Waals surface area (Å²) in [6, 6.07) is 11.0. The van der Waals surface area contributed by atoms with Gasteiger partial charge < -0.3 is 9.15 Å². The van der Waals surface area contributed by atoms with Crippen LogP contribution >= 0.6 is 11.3 Å². The maximum absolute atomic E-state index is 12.3. The summed E-state index contributed by atoms with van der Waals surface area (Å²) in [5.41, 5.74) is 1.32. The molecule has 0 aliphatic rings. The molecular formula is C16H14N2O3S. The van der Waals surface area contributed by atoms with Gasteiger partial charge in [-0.1, -0.05) is 18.2 Å². The van der Waals surface area contributed by atoms with Gasteiger partial charge in [0.2, 0.25) is 0 Å². The van der Waals surface area contributed by atoms with Crippen LogP contribution in [-0.4, -0.2) is 10.9 Å². The number of rotatable bonds is 5. The van der Waals surface area contributed by atoms with Gasteiger partial charge in [-0.3, -0.25) is 10.1 Å². The van der Waals surface area contributed by atoms with Crippen molar-refractivity contribution in [1.29, 1.82) is 0 Å². The average molecular weight is 314 g/mol. The van der Waals surface area contributed by atoms with E-state index in [1.54, 1.807) is 6.07 Å². The quantitative estimate of drug-likeness (QED) is 0.776. The number of ether oxygens (including phenoxy) is 1. The zero-order chi connectivity index (χ0) is 15.4. The molecule has 0 fully saturated rings. The fourth-order valence-electron chi connectivity index (χ4n) is 1.90. The fourth-order valence-corrected chi connectivity index (χ4v) is 2.58. The monoisotopic (exact) mass is 314 g/mol. The minimum Gasteiger partial charge on any atom is -0.486 e. The summed E-state index contributed by atoms with van der Waals surface area (Å²) in [7, 11) is 0. The third kappa shape index (κ3) is 3.35. The molecule has 112 valence electrons. The molecule has 6 heteroatoms. The van der Waals surface area contributed by atoms with Crippen LogP contribution < -0.4 is 10.1 Å². The van der Waals surface area contributed by atoms with Gasteiger partial charge in [0.1, 0.15) is 12.4 Å². The predicted molar refractivity (Wildman–Crippen MR) is 84.3 cm³/mol. The number of aryl methyl sites for hydroxylation is 1. The molecule has 2 aromatic heterocycles. The minimum absolute atomic E-state index is 0.191. The summed E-state index contributed by atoms with van der Waals surface area (Å²) >= 11 is 1.39. The van der Waals surface area contributed by atoms with Gasteiger partial charge >= 0.3 is 0 Å². The molecule has 1 N–H and O–H groups in total. The fraction of sp³-hybridized carbons (Fsp3) is 0.125. The van der Waals surface area contributed by atoms with Crippen molar-refractivity contribution in [3.05, 3.63) is 65.1 Å². The van der Waals surface area contributed by atoms with Crippen LogP contribution in [0.3, 0.4) is 0 Å². The standard InChI is InChI=1S/C16H14N2O3S/c1-11-10-22-16(17-11)18-15(19)13-7-8-20-14(13)9-21-12-5-3-2-4-6-12/h2-8,10H,9H2,1H3,(H,17,18,19). The van der Waals surface area contributed by atoms with Gasteiger partial charge in [-0.2, -0.15) is 0 Å². The lowest BCUT2D eigenvalue weighted by Gasteiger charge is -2.06.